The van der Waals surface area contributed by atoms with Crippen molar-refractivity contribution in [2.45, 2.75) is 19.8 Å². The second-order valence-corrected chi connectivity index (χ2v) is 5.30. The molecule has 0 bridgehead atoms. The third-order valence-corrected chi connectivity index (χ3v) is 3.61. The zero-order valence-corrected chi connectivity index (χ0v) is 13.8. The van der Waals surface area contributed by atoms with Crippen molar-refractivity contribution in [2.75, 3.05) is 0 Å². The Morgan fingerprint density at radius 1 is 0.870 bits per heavy atom. The van der Waals surface area contributed by atoms with E-state index >= 15 is 0 Å². The van der Waals surface area contributed by atoms with E-state index in [-0.39, 0.29) is 0 Å². The molecule has 0 aliphatic heterocycles. The third-order valence-electron chi connectivity index (χ3n) is 3.61. The Labute approximate surface area is 140 Å². The summed E-state index contributed by atoms with van der Waals surface area (Å²) in [4.78, 5) is 0. The van der Waals surface area contributed by atoms with Gasteiger partial charge in [0.2, 0.25) is 0 Å². The summed E-state index contributed by atoms with van der Waals surface area (Å²) in [5.74, 6) is 0. The molecule has 116 valence electrons. The van der Waals surface area contributed by atoms with Crippen molar-refractivity contribution in [1.29, 1.82) is 0 Å². The van der Waals surface area contributed by atoms with E-state index in [0.717, 1.165) is 12.8 Å². The Morgan fingerprint density at radius 2 is 1.43 bits per heavy atom. The monoisotopic (exact) mass is 300 g/mol. The molecular weight excluding hydrogens is 276 g/mol. The summed E-state index contributed by atoms with van der Waals surface area (Å²) in [5, 5.41) is 0. The van der Waals surface area contributed by atoms with Gasteiger partial charge in [-0.3, -0.25) is 0 Å². The lowest BCUT2D eigenvalue weighted by Crippen LogP contribution is -1.87. The summed E-state index contributed by atoms with van der Waals surface area (Å²) >= 11 is 0. The molecule has 0 N–H and O–H groups in total. The van der Waals surface area contributed by atoms with Crippen molar-refractivity contribution >= 4 is 5.57 Å². The molecule has 2 rings (SSSR count). The van der Waals surface area contributed by atoms with Gasteiger partial charge in [0.05, 0.1) is 0 Å². The van der Waals surface area contributed by atoms with E-state index in [9.17, 15) is 0 Å². The number of benzene rings is 2. The highest BCUT2D eigenvalue weighted by atomic mass is 14.1. The number of rotatable bonds is 7. The SMILES string of the molecule is C=CC(/C=C\CC=C(c1ccccc1)c1ccccc1)=C/CC. The molecule has 0 aliphatic carbocycles. The zero-order chi connectivity index (χ0) is 16.3. The molecule has 0 atom stereocenters. The highest BCUT2D eigenvalue weighted by molar-refractivity contribution is 5.79. The Bertz CT molecular complexity index is 644. The molecule has 23 heavy (non-hydrogen) atoms. The van der Waals surface area contributed by atoms with E-state index in [1.54, 1.807) is 0 Å². The van der Waals surface area contributed by atoms with Gasteiger partial charge in [-0.15, -0.1) is 0 Å². The molecule has 0 nitrogen and oxygen atoms in total. The van der Waals surface area contributed by atoms with E-state index in [0.29, 0.717) is 0 Å². The van der Waals surface area contributed by atoms with Gasteiger partial charge < -0.3 is 0 Å². The van der Waals surface area contributed by atoms with Crippen molar-refractivity contribution in [2.24, 2.45) is 0 Å². The van der Waals surface area contributed by atoms with E-state index in [1.807, 2.05) is 6.08 Å². The predicted molar refractivity (Wildman–Crippen MR) is 102 cm³/mol. The molecule has 2 aromatic rings. The molecule has 0 saturated carbocycles. The molecule has 0 spiro atoms. The Kier molecular flexibility index (Phi) is 6.87. The van der Waals surface area contributed by atoms with E-state index in [2.05, 4.69) is 98.5 Å². The average Bonchev–Trinajstić information content (AvgIpc) is 2.62. The van der Waals surface area contributed by atoms with Crippen molar-refractivity contribution in [1.82, 2.24) is 0 Å². The van der Waals surface area contributed by atoms with Crippen molar-refractivity contribution in [3.63, 3.8) is 0 Å². The summed E-state index contributed by atoms with van der Waals surface area (Å²) in [7, 11) is 0. The molecule has 0 unspecified atom stereocenters. The normalized spacial score (nSPS) is 11.4. The minimum Gasteiger partial charge on any atom is -0.0985 e. The smallest absolute Gasteiger partial charge is 0.0148 e. The number of hydrogen-bond acceptors (Lipinski definition) is 0. The summed E-state index contributed by atoms with van der Waals surface area (Å²) in [6, 6.07) is 21.1. The van der Waals surface area contributed by atoms with Crippen LogP contribution in [0.1, 0.15) is 30.9 Å². The van der Waals surface area contributed by atoms with Crippen LogP contribution in [0.3, 0.4) is 0 Å². The molecule has 0 aliphatic rings. The van der Waals surface area contributed by atoms with Gasteiger partial charge in [0.15, 0.2) is 0 Å². The fourth-order valence-electron chi connectivity index (χ4n) is 2.48. The molecule has 0 amide bonds. The number of allylic oxidation sites excluding steroid dienone is 6. The standard InChI is InChI=1S/C23H24/c1-3-13-20(4-2)14-11-12-19-23(21-15-7-5-8-16-21)22-17-9-6-10-18-22/h4-11,13-19H,2-3,12H2,1H3/b14-11-,20-13-. The first kappa shape index (κ1) is 16.8. The Morgan fingerprint density at radius 3 is 1.91 bits per heavy atom. The van der Waals surface area contributed by atoms with Crippen LogP contribution in [0.4, 0.5) is 0 Å². The highest BCUT2D eigenvalue weighted by Gasteiger charge is 2.02. The maximum absolute atomic E-state index is 3.85. The van der Waals surface area contributed by atoms with Crippen LogP contribution in [0.15, 0.2) is 103 Å². The lowest BCUT2D eigenvalue weighted by atomic mass is 9.97. The second kappa shape index (κ2) is 9.42. The van der Waals surface area contributed by atoms with E-state index in [1.165, 1.54) is 22.3 Å². The van der Waals surface area contributed by atoms with Crippen LogP contribution in [0.2, 0.25) is 0 Å². The quantitative estimate of drug-likeness (QED) is 0.506. The van der Waals surface area contributed by atoms with Crippen LogP contribution < -0.4 is 0 Å². The molecule has 0 heterocycles. The number of hydrogen-bond donors (Lipinski definition) is 0. The van der Waals surface area contributed by atoms with Gasteiger partial charge in [0.1, 0.15) is 0 Å². The lowest BCUT2D eigenvalue weighted by Gasteiger charge is -2.08. The summed E-state index contributed by atoms with van der Waals surface area (Å²) < 4.78 is 0. The van der Waals surface area contributed by atoms with Gasteiger partial charge in [-0.25, -0.2) is 0 Å². The molecule has 2 aromatic carbocycles. The van der Waals surface area contributed by atoms with Gasteiger partial charge in [0.25, 0.3) is 0 Å². The van der Waals surface area contributed by atoms with Gasteiger partial charge in [0, 0.05) is 0 Å². The van der Waals surface area contributed by atoms with Gasteiger partial charge >= 0.3 is 0 Å². The predicted octanol–water partition coefficient (Wildman–Crippen LogP) is 6.59. The molecule has 0 aromatic heterocycles. The molecule has 0 heteroatoms. The third kappa shape index (κ3) is 5.27. The van der Waals surface area contributed by atoms with Gasteiger partial charge in [-0.1, -0.05) is 105 Å². The summed E-state index contributed by atoms with van der Waals surface area (Å²) in [5.41, 5.74) is 4.96. The lowest BCUT2D eigenvalue weighted by molar-refractivity contribution is 1.21. The first-order valence-electron chi connectivity index (χ1n) is 8.15. The minimum absolute atomic E-state index is 0.897. The largest absolute Gasteiger partial charge is 0.0985 e. The van der Waals surface area contributed by atoms with E-state index < -0.39 is 0 Å². The Hall–Kier alpha value is -2.60. The topological polar surface area (TPSA) is 0 Å². The fraction of sp³-hybridized carbons (Fsp3) is 0.130. The second-order valence-electron chi connectivity index (χ2n) is 5.30. The molecule has 0 fully saturated rings. The summed E-state index contributed by atoms with van der Waals surface area (Å²) in [6.45, 7) is 5.99. The Balaban J connectivity index is 2.23. The molecular formula is C23H24. The van der Waals surface area contributed by atoms with Crippen molar-refractivity contribution < 1.29 is 0 Å². The summed E-state index contributed by atoms with van der Waals surface area (Å²) in [6.07, 6.45) is 12.6. The van der Waals surface area contributed by atoms with Crippen LogP contribution in [0.25, 0.3) is 5.57 Å². The first-order chi connectivity index (χ1) is 11.3. The van der Waals surface area contributed by atoms with E-state index in [4.69, 9.17) is 0 Å². The first-order valence-corrected chi connectivity index (χ1v) is 8.15. The zero-order valence-electron chi connectivity index (χ0n) is 13.8. The van der Waals surface area contributed by atoms with Gasteiger partial charge in [-0.2, -0.15) is 0 Å². The maximum Gasteiger partial charge on any atom is -0.0148 e. The van der Waals surface area contributed by atoms with Crippen LogP contribution in [0.5, 0.6) is 0 Å². The van der Waals surface area contributed by atoms with Crippen LogP contribution in [0, 0.1) is 0 Å². The van der Waals surface area contributed by atoms with Gasteiger partial charge in [-0.05, 0) is 35.1 Å². The molecule has 0 saturated heterocycles. The van der Waals surface area contributed by atoms with Crippen LogP contribution in [-0.2, 0) is 0 Å². The van der Waals surface area contributed by atoms with Crippen molar-refractivity contribution in [3.05, 3.63) is 114 Å². The van der Waals surface area contributed by atoms with Crippen molar-refractivity contribution in [3.8, 4) is 0 Å². The van der Waals surface area contributed by atoms with Crippen LogP contribution >= 0.6 is 0 Å². The highest BCUT2D eigenvalue weighted by Crippen LogP contribution is 2.23. The average molecular weight is 300 g/mol. The maximum atomic E-state index is 3.85. The fourth-order valence-corrected chi connectivity index (χ4v) is 2.48. The minimum atomic E-state index is 0.897. The van der Waals surface area contributed by atoms with Crippen LogP contribution in [-0.4, -0.2) is 0 Å². The molecule has 0 radical (unpaired) electrons.